The largest absolute Gasteiger partial charge is 0.345 e. The number of hydrogen-bond donors (Lipinski definition) is 2. The molecule has 0 saturated carbocycles. The Morgan fingerprint density at radius 1 is 0.900 bits per heavy atom. The fourth-order valence-electron chi connectivity index (χ4n) is 2.52. The number of allylic oxidation sites excluding steroid dienone is 2. The van der Waals surface area contributed by atoms with Crippen molar-refractivity contribution in [2.24, 2.45) is 0 Å². The molecule has 0 fully saturated rings. The minimum atomic E-state index is -0.946. The molecule has 0 atom stereocenters. The Hall–Kier alpha value is -3.47. The summed E-state index contributed by atoms with van der Waals surface area (Å²) < 4.78 is 2.86. The van der Waals surface area contributed by atoms with Crippen LogP contribution in [0.3, 0.4) is 0 Å². The molecule has 0 aliphatic carbocycles. The van der Waals surface area contributed by atoms with Gasteiger partial charge in [0.15, 0.2) is 0 Å². The summed E-state index contributed by atoms with van der Waals surface area (Å²) >= 11 is 3.29. The Morgan fingerprint density at radius 3 is 1.97 bits per heavy atom. The highest BCUT2D eigenvalue weighted by Gasteiger charge is 2.17. The summed E-state index contributed by atoms with van der Waals surface area (Å²) in [6.45, 7) is 5.65. The highest BCUT2D eigenvalue weighted by Crippen LogP contribution is 2.20. The zero-order valence-corrected chi connectivity index (χ0v) is 17.6. The van der Waals surface area contributed by atoms with Crippen LogP contribution < -0.4 is 27.7 Å². The van der Waals surface area contributed by atoms with Crippen LogP contribution in [0.15, 0.2) is 68.4 Å². The van der Waals surface area contributed by atoms with E-state index in [0.29, 0.717) is 14.7 Å². The summed E-state index contributed by atoms with van der Waals surface area (Å²) in [5, 5.41) is 4.95. The molecule has 0 bridgehead atoms. The van der Waals surface area contributed by atoms with Gasteiger partial charge in [-0.25, -0.2) is 28.1 Å². The third-order valence-corrected chi connectivity index (χ3v) is 4.60. The number of nitrogens with one attached hydrogen (secondary N) is 2. The molecule has 1 aromatic heterocycles. The Morgan fingerprint density at radius 2 is 1.43 bits per heavy atom. The third-order valence-electron chi connectivity index (χ3n) is 3.90. The number of benzene rings is 1. The van der Waals surface area contributed by atoms with Crippen molar-refractivity contribution in [3.63, 3.8) is 0 Å². The molecule has 0 aliphatic rings. The van der Waals surface area contributed by atoms with E-state index in [1.807, 2.05) is 0 Å². The number of para-hydroxylation sites is 1. The maximum atomic E-state index is 12.5. The standard InChI is InChI=1S/C19H20BrN5O5/c1-3-9-23-17(28)24(10-4-2)19(30)25(18(23)29)12-16(27)21-11-15(26)22-14-8-6-5-7-13(14)20/h3-8H,1-2,9-12H2,(H,21,27)(H,22,26). The number of halogens is 1. The van der Waals surface area contributed by atoms with E-state index in [-0.39, 0.29) is 19.6 Å². The first kappa shape index (κ1) is 22.8. The zero-order valence-electron chi connectivity index (χ0n) is 16.0. The number of hydrogen-bond acceptors (Lipinski definition) is 5. The van der Waals surface area contributed by atoms with Crippen LogP contribution in [-0.2, 0) is 29.2 Å². The van der Waals surface area contributed by atoms with Crippen LogP contribution in [0.2, 0.25) is 0 Å². The molecule has 0 saturated heterocycles. The fraction of sp³-hybridized carbons (Fsp3) is 0.211. The molecule has 2 rings (SSSR count). The van der Waals surface area contributed by atoms with Gasteiger partial charge in [-0.1, -0.05) is 24.3 Å². The van der Waals surface area contributed by atoms with Crippen LogP contribution in [0.4, 0.5) is 5.69 Å². The monoisotopic (exact) mass is 477 g/mol. The molecule has 2 aromatic rings. The lowest BCUT2D eigenvalue weighted by atomic mass is 10.3. The second-order valence-electron chi connectivity index (χ2n) is 6.04. The molecule has 2 N–H and O–H groups in total. The van der Waals surface area contributed by atoms with Crippen molar-refractivity contribution >= 4 is 33.4 Å². The van der Waals surface area contributed by atoms with Crippen molar-refractivity contribution < 1.29 is 9.59 Å². The van der Waals surface area contributed by atoms with Crippen LogP contribution in [0.5, 0.6) is 0 Å². The van der Waals surface area contributed by atoms with Crippen LogP contribution >= 0.6 is 15.9 Å². The van der Waals surface area contributed by atoms with Crippen molar-refractivity contribution in [2.75, 3.05) is 11.9 Å². The van der Waals surface area contributed by atoms with Gasteiger partial charge in [0, 0.05) is 4.47 Å². The topological polar surface area (TPSA) is 124 Å². The normalized spacial score (nSPS) is 10.3. The first-order valence-corrected chi connectivity index (χ1v) is 9.56. The van der Waals surface area contributed by atoms with Gasteiger partial charge in [-0.15, -0.1) is 13.2 Å². The van der Waals surface area contributed by atoms with Gasteiger partial charge in [-0.2, -0.15) is 0 Å². The molecule has 1 heterocycles. The molecular formula is C19H20BrN5O5. The summed E-state index contributed by atoms with van der Waals surface area (Å²) in [5.41, 5.74) is -2.19. The zero-order chi connectivity index (χ0) is 22.3. The SMILES string of the molecule is C=CCn1c(=O)n(CC=C)c(=O)n(CC(=O)NCC(=O)Nc2ccccc2Br)c1=O. The van der Waals surface area contributed by atoms with Gasteiger partial charge >= 0.3 is 17.1 Å². The minimum absolute atomic E-state index is 0.134. The molecule has 1 aromatic carbocycles. The number of anilines is 1. The van der Waals surface area contributed by atoms with E-state index in [2.05, 4.69) is 39.7 Å². The van der Waals surface area contributed by atoms with E-state index in [1.54, 1.807) is 24.3 Å². The average molecular weight is 478 g/mol. The summed E-state index contributed by atoms with van der Waals surface area (Å²) in [4.78, 5) is 61.5. The van der Waals surface area contributed by atoms with E-state index in [9.17, 15) is 24.0 Å². The smallest absolute Gasteiger partial charge is 0.337 e. The van der Waals surface area contributed by atoms with Crippen LogP contribution in [0, 0.1) is 0 Å². The highest BCUT2D eigenvalue weighted by molar-refractivity contribution is 9.10. The number of carbonyl (C=O) groups excluding carboxylic acids is 2. The van der Waals surface area contributed by atoms with Crippen molar-refractivity contribution in [2.45, 2.75) is 19.6 Å². The lowest BCUT2D eigenvalue weighted by Gasteiger charge is -2.12. The van der Waals surface area contributed by atoms with Gasteiger partial charge in [0.05, 0.1) is 25.3 Å². The highest BCUT2D eigenvalue weighted by atomic mass is 79.9. The van der Waals surface area contributed by atoms with Crippen molar-refractivity contribution in [3.05, 3.63) is 85.5 Å². The number of nitrogens with zero attached hydrogens (tertiary/aromatic N) is 3. The summed E-state index contributed by atoms with van der Waals surface area (Å²) in [6, 6.07) is 6.93. The van der Waals surface area contributed by atoms with Gasteiger partial charge in [-0.05, 0) is 28.1 Å². The van der Waals surface area contributed by atoms with Gasteiger partial charge < -0.3 is 10.6 Å². The maximum Gasteiger partial charge on any atom is 0.337 e. The predicted octanol–water partition coefficient (Wildman–Crippen LogP) is 0.0611. The molecule has 30 heavy (non-hydrogen) atoms. The Labute approximate surface area is 179 Å². The molecule has 11 heteroatoms. The molecule has 158 valence electrons. The molecular weight excluding hydrogens is 458 g/mol. The van der Waals surface area contributed by atoms with Crippen molar-refractivity contribution in [1.82, 2.24) is 19.0 Å². The lowest BCUT2D eigenvalue weighted by Crippen LogP contribution is -2.55. The predicted molar refractivity (Wildman–Crippen MR) is 115 cm³/mol. The van der Waals surface area contributed by atoms with E-state index in [4.69, 9.17) is 0 Å². The van der Waals surface area contributed by atoms with Crippen LogP contribution in [-0.4, -0.2) is 32.1 Å². The van der Waals surface area contributed by atoms with E-state index in [0.717, 1.165) is 9.13 Å². The van der Waals surface area contributed by atoms with E-state index < -0.39 is 35.4 Å². The Balaban J connectivity index is 2.17. The van der Waals surface area contributed by atoms with E-state index in [1.165, 1.54) is 12.2 Å². The fourth-order valence-corrected chi connectivity index (χ4v) is 2.91. The van der Waals surface area contributed by atoms with Crippen molar-refractivity contribution in [1.29, 1.82) is 0 Å². The van der Waals surface area contributed by atoms with Gasteiger partial charge in [0.1, 0.15) is 6.54 Å². The number of carbonyl (C=O) groups is 2. The molecule has 0 unspecified atom stereocenters. The first-order valence-electron chi connectivity index (χ1n) is 8.77. The Bertz CT molecular complexity index is 1110. The molecule has 0 spiro atoms. The summed E-state index contributed by atoms with van der Waals surface area (Å²) in [6.07, 6.45) is 2.64. The average Bonchev–Trinajstić information content (AvgIpc) is 2.72. The molecule has 0 aliphatic heterocycles. The minimum Gasteiger partial charge on any atom is -0.345 e. The molecule has 0 radical (unpaired) electrons. The summed E-state index contributed by atoms with van der Waals surface area (Å²) in [5.74, 6) is -1.24. The molecule has 2 amide bonds. The van der Waals surface area contributed by atoms with Crippen LogP contribution in [0.25, 0.3) is 0 Å². The van der Waals surface area contributed by atoms with Gasteiger partial charge in [0.25, 0.3) is 0 Å². The molecule has 10 nitrogen and oxygen atoms in total. The lowest BCUT2D eigenvalue weighted by molar-refractivity contribution is -0.124. The number of rotatable bonds is 9. The Kier molecular flexibility index (Phi) is 7.87. The second-order valence-corrected chi connectivity index (χ2v) is 6.89. The van der Waals surface area contributed by atoms with Crippen LogP contribution in [0.1, 0.15) is 0 Å². The van der Waals surface area contributed by atoms with Crippen molar-refractivity contribution in [3.8, 4) is 0 Å². The van der Waals surface area contributed by atoms with Gasteiger partial charge in [0.2, 0.25) is 11.8 Å². The quantitative estimate of drug-likeness (QED) is 0.494. The van der Waals surface area contributed by atoms with E-state index >= 15 is 0 Å². The first-order chi connectivity index (χ1) is 14.3. The number of amides is 2. The summed E-state index contributed by atoms with van der Waals surface area (Å²) in [7, 11) is 0. The maximum absolute atomic E-state index is 12.5. The van der Waals surface area contributed by atoms with Gasteiger partial charge in [-0.3, -0.25) is 9.59 Å². The third kappa shape index (κ3) is 5.32. The second kappa shape index (κ2) is 10.3. The number of aromatic nitrogens is 3.